The zero-order valence-corrected chi connectivity index (χ0v) is 4.07. The van der Waals surface area contributed by atoms with Gasteiger partial charge in [-0.1, -0.05) is 0 Å². The van der Waals surface area contributed by atoms with Crippen LogP contribution in [-0.2, 0) is 0 Å². The molecule has 7 heavy (non-hydrogen) atoms. The van der Waals surface area contributed by atoms with Crippen LogP contribution in [0, 0.1) is 0 Å². The zero-order chi connectivity index (χ0) is 5.86. The highest BCUT2D eigenvalue weighted by atomic mass is 16.5. The molecule has 0 unspecified atom stereocenters. The summed E-state index contributed by atoms with van der Waals surface area (Å²) in [5.74, 6) is 0. The molecule has 0 fully saturated rings. The Bertz CT molecular complexity index is 39.4. The molecular weight excluding hydrogens is 98.0 g/mol. The van der Waals surface area contributed by atoms with Gasteiger partial charge in [-0.3, -0.25) is 0 Å². The van der Waals surface area contributed by atoms with E-state index in [1.165, 1.54) is 7.05 Å². The minimum atomic E-state index is -1.45. The van der Waals surface area contributed by atoms with Gasteiger partial charge in [0.05, 0.1) is 6.54 Å². The number of hydroxylamine groups is 2. The molecule has 0 rings (SSSR count). The molecule has 0 heterocycles. The number of aliphatic hydroxyl groups excluding tert-OH is 1. The van der Waals surface area contributed by atoms with E-state index in [0.29, 0.717) is 5.06 Å². The quantitative estimate of drug-likeness (QED) is 0.300. The third kappa shape index (κ3) is 5.84. The summed E-state index contributed by atoms with van der Waals surface area (Å²) in [4.78, 5) is 0. The van der Waals surface area contributed by atoms with E-state index >= 15 is 0 Å². The van der Waals surface area contributed by atoms with Gasteiger partial charge in [0.1, 0.15) is 0 Å². The molecule has 0 aliphatic heterocycles. The van der Waals surface area contributed by atoms with Crippen LogP contribution in [-0.4, -0.2) is 40.4 Å². The van der Waals surface area contributed by atoms with E-state index in [0.717, 1.165) is 0 Å². The summed E-state index contributed by atoms with van der Waals surface area (Å²) in [7, 11) is 1.33. The van der Waals surface area contributed by atoms with E-state index in [1.54, 1.807) is 0 Å². The lowest BCUT2D eigenvalue weighted by Gasteiger charge is -2.07. The lowest BCUT2D eigenvalue weighted by molar-refractivity contribution is -0.142. The lowest BCUT2D eigenvalue weighted by atomic mass is 10.6. The molecule has 0 aromatic rings. The number of likely N-dealkylation sites (N-methyl/N-ethyl adjacent to an activating group) is 1. The van der Waals surface area contributed by atoms with Gasteiger partial charge in [-0.25, -0.2) is 0 Å². The fraction of sp³-hybridized carbons (Fsp3) is 1.00. The first-order valence-electron chi connectivity index (χ1n) is 1.89. The molecule has 44 valence electrons. The fourth-order valence-electron chi connectivity index (χ4n) is 0.236. The topological polar surface area (TPSA) is 63.9 Å². The van der Waals surface area contributed by atoms with Gasteiger partial charge in [-0.15, -0.1) is 0 Å². The van der Waals surface area contributed by atoms with Gasteiger partial charge < -0.3 is 15.4 Å². The summed E-state index contributed by atoms with van der Waals surface area (Å²) in [6.07, 6.45) is -1.45. The van der Waals surface area contributed by atoms with Crippen molar-refractivity contribution in [3.05, 3.63) is 0 Å². The van der Waals surface area contributed by atoms with E-state index in [1.807, 2.05) is 0 Å². The summed E-state index contributed by atoms with van der Waals surface area (Å²) in [5.41, 5.74) is 0. The Labute approximate surface area is 41.6 Å². The van der Waals surface area contributed by atoms with Crippen molar-refractivity contribution in [1.82, 2.24) is 5.06 Å². The van der Waals surface area contributed by atoms with Crippen LogP contribution in [0.15, 0.2) is 0 Å². The Morgan fingerprint density at radius 2 is 2.00 bits per heavy atom. The molecule has 0 bridgehead atoms. The highest BCUT2D eigenvalue weighted by molar-refractivity contribution is 4.34. The predicted octanol–water partition coefficient (Wildman–Crippen LogP) is -1.38. The first-order chi connectivity index (χ1) is 3.13. The minimum absolute atomic E-state index is 0.139. The van der Waals surface area contributed by atoms with Crippen LogP contribution in [0.25, 0.3) is 0 Å². The molecule has 0 atom stereocenters. The van der Waals surface area contributed by atoms with E-state index in [9.17, 15) is 0 Å². The van der Waals surface area contributed by atoms with Gasteiger partial charge >= 0.3 is 0 Å². The molecule has 4 nitrogen and oxygen atoms in total. The molecule has 0 radical (unpaired) electrons. The average molecular weight is 107 g/mol. The van der Waals surface area contributed by atoms with E-state index < -0.39 is 6.29 Å². The number of aliphatic hydroxyl groups is 2. The van der Waals surface area contributed by atoms with Crippen molar-refractivity contribution in [1.29, 1.82) is 0 Å². The van der Waals surface area contributed by atoms with Crippen molar-refractivity contribution >= 4 is 0 Å². The monoisotopic (exact) mass is 107 g/mol. The van der Waals surface area contributed by atoms with E-state index in [-0.39, 0.29) is 6.54 Å². The van der Waals surface area contributed by atoms with Crippen LogP contribution < -0.4 is 0 Å². The number of hydrogen-bond donors (Lipinski definition) is 3. The van der Waals surface area contributed by atoms with Crippen LogP contribution in [0.1, 0.15) is 0 Å². The van der Waals surface area contributed by atoms with Crippen molar-refractivity contribution in [2.75, 3.05) is 13.6 Å². The molecule has 0 saturated heterocycles. The molecule has 0 aliphatic carbocycles. The second-order valence-electron chi connectivity index (χ2n) is 1.32. The van der Waals surface area contributed by atoms with Crippen molar-refractivity contribution in [3.63, 3.8) is 0 Å². The molecule has 0 spiro atoms. The Morgan fingerprint density at radius 3 is 2.00 bits per heavy atom. The molecule has 0 aromatic heterocycles. The summed E-state index contributed by atoms with van der Waals surface area (Å²) in [5, 5.41) is 25.1. The summed E-state index contributed by atoms with van der Waals surface area (Å²) in [6, 6.07) is 0. The van der Waals surface area contributed by atoms with Crippen molar-refractivity contribution in [2.24, 2.45) is 0 Å². The Balaban J connectivity index is 2.95. The second-order valence-corrected chi connectivity index (χ2v) is 1.32. The highest BCUT2D eigenvalue weighted by Gasteiger charge is 1.97. The van der Waals surface area contributed by atoms with Crippen molar-refractivity contribution in [2.45, 2.75) is 6.29 Å². The van der Waals surface area contributed by atoms with Gasteiger partial charge in [0.25, 0.3) is 0 Å². The third-order valence-corrected chi connectivity index (χ3v) is 0.428. The first kappa shape index (κ1) is 6.84. The van der Waals surface area contributed by atoms with Gasteiger partial charge in [0.2, 0.25) is 0 Å². The maximum atomic E-state index is 8.24. The Hall–Kier alpha value is -0.160. The van der Waals surface area contributed by atoms with E-state index in [2.05, 4.69) is 0 Å². The highest BCUT2D eigenvalue weighted by Crippen LogP contribution is 1.76. The Kier molecular flexibility index (Phi) is 2.86. The predicted molar refractivity (Wildman–Crippen MR) is 22.6 cm³/mol. The third-order valence-electron chi connectivity index (χ3n) is 0.428. The van der Waals surface area contributed by atoms with Gasteiger partial charge in [0, 0.05) is 7.05 Å². The summed E-state index contributed by atoms with van der Waals surface area (Å²) < 4.78 is 0. The summed E-state index contributed by atoms with van der Waals surface area (Å²) in [6.45, 7) is -0.139. The Morgan fingerprint density at radius 1 is 1.57 bits per heavy atom. The number of nitrogens with zero attached hydrogens (tertiary/aromatic N) is 1. The number of rotatable bonds is 2. The molecule has 0 amide bonds. The van der Waals surface area contributed by atoms with Crippen LogP contribution in [0.4, 0.5) is 0 Å². The van der Waals surface area contributed by atoms with Crippen LogP contribution in [0.5, 0.6) is 0 Å². The van der Waals surface area contributed by atoms with E-state index in [4.69, 9.17) is 15.4 Å². The SMILES string of the molecule is CN(O)CC(O)O. The van der Waals surface area contributed by atoms with Crippen molar-refractivity contribution in [3.8, 4) is 0 Å². The van der Waals surface area contributed by atoms with Crippen LogP contribution in [0.3, 0.4) is 0 Å². The average Bonchev–Trinajstić information content (AvgIpc) is 1.27. The van der Waals surface area contributed by atoms with Crippen molar-refractivity contribution < 1.29 is 15.4 Å². The normalized spacial score (nSPS) is 11.1. The zero-order valence-electron chi connectivity index (χ0n) is 4.07. The maximum absolute atomic E-state index is 8.24. The lowest BCUT2D eigenvalue weighted by Crippen LogP contribution is -2.25. The standard InChI is InChI=1S/C3H9NO3/c1-4(7)2-3(5)6/h3,5-7H,2H2,1H3. The maximum Gasteiger partial charge on any atom is 0.166 e. The molecular formula is C3H9NO3. The molecule has 0 saturated carbocycles. The fourth-order valence-corrected chi connectivity index (χ4v) is 0.236. The first-order valence-corrected chi connectivity index (χ1v) is 1.89. The number of hydrogen-bond acceptors (Lipinski definition) is 4. The molecule has 0 aromatic carbocycles. The molecule has 3 N–H and O–H groups in total. The van der Waals surface area contributed by atoms with Gasteiger partial charge in [0.15, 0.2) is 6.29 Å². The smallest absolute Gasteiger partial charge is 0.166 e. The second kappa shape index (κ2) is 2.92. The van der Waals surface area contributed by atoms with Crippen LogP contribution >= 0.6 is 0 Å². The van der Waals surface area contributed by atoms with Gasteiger partial charge in [-0.05, 0) is 0 Å². The van der Waals surface area contributed by atoms with Crippen LogP contribution in [0.2, 0.25) is 0 Å². The largest absolute Gasteiger partial charge is 0.367 e. The molecule has 0 aliphatic rings. The van der Waals surface area contributed by atoms with Gasteiger partial charge in [-0.2, -0.15) is 5.06 Å². The summed E-state index contributed by atoms with van der Waals surface area (Å²) >= 11 is 0. The molecule has 4 heteroatoms. The minimum Gasteiger partial charge on any atom is -0.367 e.